The maximum absolute atomic E-state index is 12.1. The molecule has 94 valence electrons. The van der Waals surface area contributed by atoms with E-state index in [4.69, 9.17) is 0 Å². The van der Waals surface area contributed by atoms with E-state index in [-0.39, 0.29) is 10.6 Å². The van der Waals surface area contributed by atoms with Gasteiger partial charge >= 0.3 is 0 Å². The molecule has 2 N–H and O–H groups in total. The highest BCUT2D eigenvalue weighted by molar-refractivity contribution is 7.92. The summed E-state index contributed by atoms with van der Waals surface area (Å²) >= 11 is 0. The Morgan fingerprint density at radius 2 is 1.67 bits per heavy atom. The predicted octanol–water partition coefficient (Wildman–Crippen LogP) is 2.50. The minimum atomic E-state index is -3.61. The quantitative estimate of drug-likeness (QED) is 0.894. The minimum Gasteiger partial charge on any atom is -0.508 e. The third-order valence-corrected chi connectivity index (χ3v) is 3.98. The molecule has 0 spiro atoms. The van der Waals surface area contributed by atoms with Crippen LogP contribution in [-0.4, -0.2) is 13.5 Å². The number of hydrogen-bond acceptors (Lipinski definition) is 3. The molecule has 4 nitrogen and oxygen atoms in total. The third-order valence-electron chi connectivity index (χ3n) is 2.60. The zero-order valence-electron chi connectivity index (χ0n) is 9.79. The van der Waals surface area contributed by atoms with Gasteiger partial charge in [0.1, 0.15) is 5.75 Å². The normalized spacial score (nSPS) is 11.2. The summed E-state index contributed by atoms with van der Waals surface area (Å²) in [4.78, 5) is 0.188. The molecule has 0 saturated heterocycles. The van der Waals surface area contributed by atoms with Gasteiger partial charge in [0.25, 0.3) is 10.0 Å². The van der Waals surface area contributed by atoms with Crippen molar-refractivity contribution in [3.63, 3.8) is 0 Å². The van der Waals surface area contributed by atoms with E-state index in [1.807, 2.05) is 0 Å². The van der Waals surface area contributed by atoms with Gasteiger partial charge < -0.3 is 5.11 Å². The van der Waals surface area contributed by atoms with Crippen LogP contribution in [0.4, 0.5) is 5.69 Å². The number of aromatic hydroxyl groups is 1. The molecule has 0 aliphatic carbocycles. The van der Waals surface area contributed by atoms with Crippen LogP contribution >= 0.6 is 0 Å². The van der Waals surface area contributed by atoms with E-state index >= 15 is 0 Å². The van der Waals surface area contributed by atoms with Crippen LogP contribution < -0.4 is 4.72 Å². The number of nitrogens with one attached hydrogen (secondary N) is 1. The third kappa shape index (κ3) is 2.46. The fourth-order valence-electron chi connectivity index (χ4n) is 1.54. The largest absolute Gasteiger partial charge is 0.508 e. The number of phenolic OH excluding ortho intramolecular Hbond substituents is 1. The maximum Gasteiger partial charge on any atom is 0.261 e. The van der Waals surface area contributed by atoms with Crippen molar-refractivity contribution in [3.05, 3.63) is 54.1 Å². The molecule has 2 aromatic rings. The molecule has 2 rings (SSSR count). The molecular weight excluding hydrogens is 250 g/mol. The summed E-state index contributed by atoms with van der Waals surface area (Å²) in [6.45, 7) is 1.65. The van der Waals surface area contributed by atoms with Gasteiger partial charge in [-0.1, -0.05) is 24.3 Å². The number of anilines is 1. The highest BCUT2D eigenvalue weighted by atomic mass is 32.2. The molecule has 0 unspecified atom stereocenters. The zero-order valence-corrected chi connectivity index (χ0v) is 10.6. The van der Waals surface area contributed by atoms with Crippen molar-refractivity contribution < 1.29 is 13.5 Å². The molecule has 0 saturated carbocycles. The summed E-state index contributed by atoms with van der Waals surface area (Å²) in [7, 11) is -3.61. The van der Waals surface area contributed by atoms with Crippen molar-refractivity contribution in [2.45, 2.75) is 11.8 Å². The van der Waals surface area contributed by atoms with E-state index in [2.05, 4.69) is 4.72 Å². The molecular formula is C13H13NO3S. The summed E-state index contributed by atoms with van der Waals surface area (Å²) in [6.07, 6.45) is 0. The van der Waals surface area contributed by atoms with Gasteiger partial charge in [-0.3, -0.25) is 4.72 Å². The van der Waals surface area contributed by atoms with Crippen molar-refractivity contribution >= 4 is 15.7 Å². The molecule has 0 aliphatic rings. The van der Waals surface area contributed by atoms with E-state index in [1.54, 1.807) is 37.3 Å². The standard InChI is InChI=1S/C13H13NO3S/c1-10-12(8-5-9-13(10)15)14-18(16,17)11-6-3-2-4-7-11/h2-9,14-15H,1H3. The molecule has 0 fully saturated rings. The molecule has 0 amide bonds. The number of sulfonamides is 1. The first kappa shape index (κ1) is 12.4. The second-order valence-corrected chi connectivity index (χ2v) is 5.55. The SMILES string of the molecule is Cc1c(O)cccc1NS(=O)(=O)c1ccccc1. The Balaban J connectivity index is 2.37. The lowest BCUT2D eigenvalue weighted by Crippen LogP contribution is -2.13. The lowest BCUT2D eigenvalue weighted by molar-refractivity contribution is 0.471. The summed E-state index contributed by atoms with van der Waals surface area (Å²) in [5, 5.41) is 9.53. The Hall–Kier alpha value is -2.01. The molecule has 0 bridgehead atoms. The summed E-state index contributed by atoms with van der Waals surface area (Å²) < 4.78 is 26.6. The van der Waals surface area contributed by atoms with Crippen LogP contribution in [0.3, 0.4) is 0 Å². The Labute approximate surface area is 106 Å². The van der Waals surface area contributed by atoms with Crippen LogP contribution in [-0.2, 0) is 10.0 Å². The van der Waals surface area contributed by atoms with E-state index in [0.717, 1.165) is 0 Å². The number of rotatable bonds is 3. The lowest BCUT2D eigenvalue weighted by atomic mass is 10.2. The molecule has 0 heterocycles. The van der Waals surface area contributed by atoms with Crippen LogP contribution in [0.25, 0.3) is 0 Å². The van der Waals surface area contributed by atoms with Gasteiger partial charge in [-0.15, -0.1) is 0 Å². The average molecular weight is 263 g/mol. The zero-order chi connectivity index (χ0) is 13.2. The smallest absolute Gasteiger partial charge is 0.261 e. The molecule has 18 heavy (non-hydrogen) atoms. The maximum atomic E-state index is 12.1. The van der Waals surface area contributed by atoms with Crippen LogP contribution in [0.15, 0.2) is 53.4 Å². The van der Waals surface area contributed by atoms with Gasteiger partial charge in [-0.05, 0) is 31.2 Å². The summed E-state index contributed by atoms with van der Waals surface area (Å²) in [6, 6.07) is 12.8. The van der Waals surface area contributed by atoms with Crippen LogP contribution in [0.2, 0.25) is 0 Å². The highest BCUT2D eigenvalue weighted by Crippen LogP contribution is 2.26. The first-order valence-corrected chi connectivity index (χ1v) is 6.85. The fourth-order valence-corrected chi connectivity index (χ4v) is 2.68. The van der Waals surface area contributed by atoms with E-state index in [0.29, 0.717) is 11.3 Å². The van der Waals surface area contributed by atoms with Crippen molar-refractivity contribution in [1.82, 2.24) is 0 Å². The van der Waals surface area contributed by atoms with E-state index < -0.39 is 10.0 Å². The van der Waals surface area contributed by atoms with E-state index in [1.165, 1.54) is 18.2 Å². The van der Waals surface area contributed by atoms with Crippen molar-refractivity contribution in [2.24, 2.45) is 0 Å². The Bertz CT molecular complexity index is 651. The van der Waals surface area contributed by atoms with Crippen molar-refractivity contribution in [1.29, 1.82) is 0 Å². The highest BCUT2D eigenvalue weighted by Gasteiger charge is 2.15. The Kier molecular flexibility index (Phi) is 3.25. The first-order chi connectivity index (χ1) is 8.50. The van der Waals surface area contributed by atoms with Crippen LogP contribution in [0, 0.1) is 6.92 Å². The van der Waals surface area contributed by atoms with Gasteiger partial charge in [0.15, 0.2) is 0 Å². The van der Waals surface area contributed by atoms with Gasteiger partial charge in [0.05, 0.1) is 10.6 Å². The van der Waals surface area contributed by atoms with Gasteiger partial charge in [-0.2, -0.15) is 0 Å². The average Bonchev–Trinajstić information content (AvgIpc) is 2.36. The number of benzene rings is 2. The molecule has 0 aromatic heterocycles. The van der Waals surface area contributed by atoms with Crippen molar-refractivity contribution in [3.8, 4) is 5.75 Å². The van der Waals surface area contributed by atoms with Gasteiger partial charge in [-0.25, -0.2) is 8.42 Å². The summed E-state index contributed by atoms with van der Waals surface area (Å²) in [5.41, 5.74) is 0.871. The minimum absolute atomic E-state index is 0.0586. The van der Waals surface area contributed by atoms with Gasteiger partial charge in [0, 0.05) is 5.56 Å². The molecule has 0 atom stereocenters. The monoisotopic (exact) mass is 263 g/mol. The molecule has 0 radical (unpaired) electrons. The second kappa shape index (κ2) is 4.70. The van der Waals surface area contributed by atoms with Crippen LogP contribution in [0.1, 0.15) is 5.56 Å². The topological polar surface area (TPSA) is 66.4 Å². The molecule has 2 aromatic carbocycles. The first-order valence-electron chi connectivity index (χ1n) is 5.37. The van der Waals surface area contributed by atoms with Crippen molar-refractivity contribution in [2.75, 3.05) is 4.72 Å². The van der Waals surface area contributed by atoms with Crippen LogP contribution in [0.5, 0.6) is 5.75 Å². The Morgan fingerprint density at radius 1 is 1.00 bits per heavy atom. The molecule has 0 aliphatic heterocycles. The Morgan fingerprint density at radius 3 is 2.33 bits per heavy atom. The second-order valence-electron chi connectivity index (χ2n) is 3.87. The summed E-state index contributed by atoms with van der Waals surface area (Å²) in [5.74, 6) is 0.0586. The predicted molar refractivity (Wildman–Crippen MR) is 70.1 cm³/mol. The number of hydrogen-bond donors (Lipinski definition) is 2. The van der Waals surface area contributed by atoms with Gasteiger partial charge in [0.2, 0.25) is 0 Å². The lowest BCUT2D eigenvalue weighted by Gasteiger charge is -2.11. The molecule has 5 heteroatoms. The number of phenols is 1. The van der Waals surface area contributed by atoms with E-state index in [9.17, 15) is 13.5 Å². The fraction of sp³-hybridized carbons (Fsp3) is 0.0769.